The Morgan fingerprint density at radius 2 is 1.94 bits per heavy atom. The maximum atomic E-state index is 11.8. The zero-order valence-corrected chi connectivity index (χ0v) is 11.3. The van der Waals surface area contributed by atoms with Gasteiger partial charge in [-0.3, -0.25) is 0 Å². The van der Waals surface area contributed by atoms with Crippen molar-refractivity contribution in [3.05, 3.63) is 0 Å². The second-order valence-electron chi connectivity index (χ2n) is 5.13. The number of hydrogen-bond acceptors (Lipinski definition) is 2. The molecular weight excluding hydrogens is 232 g/mol. The second-order valence-corrected chi connectivity index (χ2v) is 5.13. The molecule has 18 heavy (non-hydrogen) atoms. The summed E-state index contributed by atoms with van der Waals surface area (Å²) in [6.45, 7) is 2.47. The number of carbonyl (C=O) groups excluding carboxylic acids is 1. The molecule has 0 aromatic rings. The Morgan fingerprint density at radius 3 is 2.44 bits per heavy atom. The smallest absolute Gasteiger partial charge is 0.326 e. The van der Waals surface area contributed by atoms with Gasteiger partial charge in [-0.05, 0) is 25.2 Å². The molecule has 0 bridgehead atoms. The molecule has 1 aliphatic carbocycles. The summed E-state index contributed by atoms with van der Waals surface area (Å²) in [6, 6.07) is -1.07. The quantitative estimate of drug-likeness (QED) is 0.791. The Labute approximate surface area is 109 Å². The van der Waals surface area contributed by atoms with Crippen molar-refractivity contribution in [2.75, 3.05) is 13.6 Å². The van der Waals surface area contributed by atoms with Crippen LogP contribution >= 0.6 is 0 Å². The molecule has 1 aliphatic rings. The summed E-state index contributed by atoms with van der Waals surface area (Å²) < 4.78 is 0. The topological polar surface area (TPSA) is 69.6 Å². The molecule has 0 aliphatic heterocycles. The molecule has 1 unspecified atom stereocenters. The highest BCUT2D eigenvalue weighted by molar-refractivity contribution is 5.82. The lowest BCUT2D eigenvalue weighted by Gasteiger charge is -2.28. The van der Waals surface area contributed by atoms with E-state index in [9.17, 15) is 9.59 Å². The van der Waals surface area contributed by atoms with Crippen LogP contribution in [-0.4, -0.2) is 41.6 Å². The number of rotatable bonds is 5. The van der Waals surface area contributed by atoms with Crippen molar-refractivity contribution in [2.24, 2.45) is 5.92 Å². The van der Waals surface area contributed by atoms with Crippen LogP contribution in [0.4, 0.5) is 4.79 Å². The lowest BCUT2D eigenvalue weighted by molar-refractivity contribution is -0.139. The molecule has 1 fully saturated rings. The third kappa shape index (κ3) is 4.55. The molecule has 5 nitrogen and oxygen atoms in total. The Bertz CT molecular complexity index is 288. The van der Waals surface area contributed by atoms with E-state index in [1.54, 1.807) is 18.9 Å². The van der Waals surface area contributed by atoms with Crippen LogP contribution in [0.1, 0.15) is 45.4 Å². The molecule has 0 heterocycles. The number of nitrogens with one attached hydrogen (secondary N) is 1. The summed E-state index contributed by atoms with van der Waals surface area (Å²) in [5, 5.41) is 11.4. The van der Waals surface area contributed by atoms with E-state index in [0.29, 0.717) is 12.3 Å². The summed E-state index contributed by atoms with van der Waals surface area (Å²) in [5.74, 6) is -0.406. The molecule has 1 atom stereocenters. The third-order valence-corrected chi connectivity index (χ3v) is 3.61. The van der Waals surface area contributed by atoms with Crippen LogP contribution in [0.5, 0.6) is 0 Å². The van der Waals surface area contributed by atoms with E-state index in [0.717, 1.165) is 6.54 Å². The summed E-state index contributed by atoms with van der Waals surface area (Å²) in [5.41, 5.74) is 0. The number of amides is 2. The van der Waals surface area contributed by atoms with Crippen molar-refractivity contribution in [3.8, 4) is 0 Å². The van der Waals surface area contributed by atoms with Crippen molar-refractivity contribution in [2.45, 2.75) is 51.5 Å². The monoisotopic (exact) mass is 256 g/mol. The van der Waals surface area contributed by atoms with Crippen molar-refractivity contribution in [1.29, 1.82) is 0 Å². The van der Waals surface area contributed by atoms with Crippen molar-refractivity contribution < 1.29 is 14.7 Å². The summed E-state index contributed by atoms with van der Waals surface area (Å²) in [4.78, 5) is 24.3. The van der Waals surface area contributed by atoms with E-state index >= 15 is 0 Å². The van der Waals surface area contributed by atoms with E-state index < -0.39 is 12.0 Å². The molecule has 2 amide bonds. The lowest BCUT2D eigenvalue weighted by atomic mass is 9.89. The molecule has 104 valence electrons. The predicted molar refractivity (Wildman–Crippen MR) is 69.5 cm³/mol. The highest BCUT2D eigenvalue weighted by atomic mass is 16.4. The molecular formula is C13H24N2O3. The zero-order chi connectivity index (χ0) is 13.5. The minimum Gasteiger partial charge on any atom is -0.480 e. The van der Waals surface area contributed by atoms with Gasteiger partial charge in [0.25, 0.3) is 0 Å². The number of carboxylic acids is 1. The van der Waals surface area contributed by atoms with Crippen LogP contribution in [0.25, 0.3) is 0 Å². The van der Waals surface area contributed by atoms with Gasteiger partial charge in [0.15, 0.2) is 0 Å². The maximum absolute atomic E-state index is 11.8. The minimum absolute atomic E-state index is 0.283. The van der Waals surface area contributed by atoms with Gasteiger partial charge in [-0.15, -0.1) is 0 Å². The zero-order valence-electron chi connectivity index (χ0n) is 11.3. The van der Waals surface area contributed by atoms with Crippen molar-refractivity contribution in [3.63, 3.8) is 0 Å². The lowest BCUT2D eigenvalue weighted by Crippen LogP contribution is -2.47. The predicted octanol–water partition coefficient (Wildman–Crippen LogP) is 2.07. The molecule has 0 aromatic carbocycles. The molecule has 0 aromatic heterocycles. The fourth-order valence-corrected chi connectivity index (χ4v) is 2.44. The number of carbonyl (C=O) groups is 2. The van der Waals surface area contributed by atoms with E-state index in [4.69, 9.17) is 5.11 Å². The van der Waals surface area contributed by atoms with Crippen LogP contribution in [0, 0.1) is 5.92 Å². The molecule has 0 spiro atoms. The minimum atomic E-state index is -0.975. The first-order valence-electron chi connectivity index (χ1n) is 6.79. The Kier molecular flexibility index (Phi) is 5.95. The van der Waals surface area contributed by atoms with Gasteiger partial charge in [-0.1, -0.05) is 26.2 Å². The van der Waals surface area contributed by atoms with Gasteiger partial charge >= 0.3 is 12.0 Å². The maximum Gasteiger partial charge on any atom is 0.326 e. The van der Waals surface area contributed by atoms with Crippen LogP contribution in [-0.2, 0) is 4.79 Å². The Hall–Kier alpha value is -1.26. The second kappa shape index (κ2) is 7.24. The Morgan fingerprint density at radius 1 is 1.33 bits per heavy atom. The van der Waals surface area contributed by atoms with Gasteiger partial charge in [0.1, 0.15) is 6.04 Å². The number of carboxylic acid groups (broad SMARTS) is 1. The molecule has 1 saturated carbocycles. The largest absolute Gasteiger partial charge is 0.480 e. The third-order valence-electron chi connectivity index (χ3n) is 3.61. The standard InChI is InChI=1S/C13H24N2O3/c1-3-11(12(16)17)14-13(18)15(2)9-10-7-5-4-6-8-10/h10-11H,3-9H2,1-2H3,(H,14,18)(H,16,17). The van der Waals surface area contributed by atoms with Crippen molar-refractivity contribution in [1.82, 2.24) is 10.2 Å². The summed E-state index contributed by atoms with van der Waals surface area (Å²) >= 11 is 0. The van der Waals surface area contributed by atoms with Crippen molar-refractivity contribution >= 4 is 12.0 Å². The highest BCUT2D eigenvalue weighted by Crippen LogP contribution is 2.24. The number of nitrogens with zero attached hydrogens (tertiary/aromatic N) is 1. The normalized spacial score (nSPS) is 18.1. The summed E-state index contributed by atoms with van der Waals surface area (Å²) in [6.07, 6.45) is 6.53. The first-order chi connectivity index (χ1) is 8.54. The van der Waals surface area contributed by atoms with E-state index in [1.807, 2.05) is 0 Å². The summed E-state index contributed by atoms with van der Waals surface area (Å²) in [7, 11) is 1.73. The fraction of sp³-hybridized carbons (Fsp3) is 0.846. The van der Waals surface area contributed by atoms with Crippen LogP contribution in [0.15, 0.2) is 0 Å². The highest BCUT2D eigenvalue weighted by Gasteiger charge is 2.22. The van der Waals surface area contributed by atoms with Crippen LogP contribution in [0.2, 0.25) is 0 Å². The molecule has 5 heteroatoms. The number of aliphatic carboxylic acids is 1. The van der Waals surface area contributed by atoms with Gasteiger partial charge in [-0.25, -0.2) is 9.59 Å². The first-order valence-corrected chi connectivity index (χ1v) is 6.79. The van der Waals surface area contributed by atoms with E-state index in [1.165, 1.54) is 32.1 Å². The fourth-order valence-electron chi connectivity index (χ4n) is 2.44. The molecule has 2 N–H and O–H groups in total. The van der Waals surface area contributed by atoms with Gasteiger partial charge in [-0.2, -0.15) is 0 Å². The average Bonchev–Trinajstić information content (AvgIpc) is 2.36. The van der Waals surface area contributed by atoms with Gasteiger partial charge in [0.05, 0.1) is 0 Å². The van der Waals surface area contributed by atoms with E-state index in [2.05, 4.69) is 5.32 Å². The number of hydrogen-bond donors (Lipinski definition) is 2. The number of urea groups is 1. The molecule has 0 saturated heterocycles. The SMILES string of the molecule is CCC(NC(=O)N(C)CC1CCCCC1)C(=O)O. The van der Waals surface area contributed by atoms with Gasteiger partial charge in [0, 0.05) is 13.6 Å². The Balaban J connectivity index is 2.37. The van der Waals surface area contributed by atoms with E-state index in [-0.39, 0.29) is 6.03 Å². The van der Waals surface area contributed by atoms with Crippen LogP contribution < -0.4 is 5.32 Å². The van der Waals surface area contributed by atoms with Gasteiger partial charge < -0.3 is 15.3 Å². The molecule has 0 radical (unpaired) electrons. The first kappa shape index (κ1) is 14.8. The average molecular weight is 256 g/mol. The molecule has 1 rings (SSSR count). The van der Waals surface area contributed by atoms with Gasteiger partial charge in [0.2, 0.25) is 0 Å². The van der Waals surface area contributed by atoms with Crippen LogP contribution in [0.3, 0.4) is 0 Å².